The smallest absolute Gasteiger partial charge is 0.244 e. The zero-order chi connectivity index (χ0) is 18.7. The number of amides is 2. The molecule has 0 saturated carbocycles. The van der Waals surface area contributed by atoms with Crippen LogP contribution in [0.25, 0.3) is 0 Å². The van der Waals surface area contributed by atoms with Gasteiger partial charge in [0.05, 0.1) is 10.7 Å². The highest BCUT2D eigenvalue weighted by Crippen LogP contribution is 2.32. The number of carbonyl (C=O) groups excluding carboxylic acids is 2. The summed E-state index contributed by atoms with van der Waals surface area (Å²) in [5.74, 6) is 0.692. The van der Waals surface area contributed by atoms with E-state index in [1.54, 1.807) is 30.3 Å². The largest absolute Gasteiger partial charge is 0.454 e. The molecule has 0 unspecified atom stereocenters. The summed E-state index contributed by atoms with van der Waals surface area (Å²) in [4.78, 5) is 25.7. The molecule has 1 heterocycles. The first kappa shape index (κ1) is 18.4. The van der Waals surface area contributed by atoms with Gasteiger partial charge in [-0.15, -0.1) is 0 Å². The van der Waals surface area contributed by atoms with E-state index in [1.165, 1.54) is 11.8 Å². The van der Waals surface area contributed by atoms with Crippen LogP contribution in [0.4, 0.5) is 5.69 Å². The fraction of sp³-hybridized carbons (Fsp3) is 0.222. The average Bonchev–Trinajstić information content (AvgIpc) is 3.05. The third kappa shape index (κ3) is 4.39. The number of hydrogen-bond donors (Lipinski definition) is 1. The Morgan fingerprint density at radius 2 is 1.88 bits per heavy atom. The maximum Gasteiger partial charge on any atom is 0.244 e. The Kier molecular flexibility index (Phi) is 5.54. The van der Waals surface area contributed by atoms with E-state index in [1.807, 2.05) is 6.07 Å². The van der Waals surface area contributed by atoms with E-state index in [0.717, 1.165) is 5.56 Å². The zero-order valence-electron chi connectivity index (χ0n) is 13.9. The van der Waals surface area contributed by atoms with Gasteiger partial charge in [-0.1, -0.05) is 29.3 Å². The van der Waals surface area contributed by atoms with E-state index in [-0.39, 0.29) is 31.7 Å². The van der Waals surface area contributed by atoms with Gasteiger partial charge in [-0.05, 0) is 35.9 Å². The van der Waals surface area contributed by atoms with Crippen LogP contribution in [0.1, 0.15) is 12.5 Å². The van der Waals surface area contributed by atoms with E-state index in [9.17, 15) is 9.59 Å². The maximum atomic E-state index is 12.3. The van der Waals surface area contributed by atoms with Crippen molar-refractivity contribution in [2.45, 2.75) is 13.5 Å². The predicted octanol–water partition coefficient (Wildman–Crippen LogP) is 3.71. The fourth-order valence-electron chi connectivity index (χ4n) is 2.49. The minimum Gasteiger partial charge on any atom is -0.454 e. The van der Waals surface area contributed by atoms with Crippen molar-refractivity contribution in [3.63, 3.8) is 0 Å². The number of carbonyl (C=O) groups is 2. The Bertz CT molecular complexity index is 857. The predicted molar refractivity (Wildman–Crippen MR) is 98.7 cm³/mol. The number of halogens is 2. The maximum absolute atomic E-state index is 12.3. The van der Waals surface area contributed by atoms with Gasteiger partial charge in [-0.2, -0.15) is 0 Å². The molecule has 0 atom stereocenters. The molecule has 1 aliphatic heterocycles. The quantitative estimate of drug-likeness (QED) is 0.838. The summed E-state index contributed by atoms with van der Waals surface area (Å²) < 4.78 is 10.6. The number of anilines is 1. The Labute approximate surface area is 160 Å². The molecule has 0 aliphatic carbocycles. The third-order valence-corrected chi connectivity index (χ3v) is 4.36. The number of hydrogen-bond acceptors (Lipinski definition) is 4. The summed E-state index contributed by atoms with van der Waals surface area (Å²) in [5.41, 5.74) is 1.23. The average molecular weight is 395 g/mol. The monoisotopic (exact) mass is 394 g/mol. The highest BCUT2D eigenvalue weighted by molar-refractivity contribution is 6.35. The van der Waals surface area contributed by atoms with Crippen molar-refractivity contribution in [1.29, 1.82) is 0 Å². The van der Waals surface area contributed by atoms with Crippen LogP contribution in [0.5, 0.6) is 11.5 Å². The molecule has 0 fully saturated rings. The molecule has 2 aromatic carbocycles. The van der Waals surface area contributed by atoms with Crippen LogP contribution >= 0.6 is 23.2 Å². The normalized spacial score (nSPS) is 12.0. The number of nitrogens with one attached hydrogen (secondary N) is 1. The minimum absolute atomic E-state index is 0.118. The second-order valence-electron chi connectivity index (χ2n) is 5.74. The van der Waals surface area contributed by atoms with Gasteiger partial charge in [-0.3, -0.25) is 9.59 Å². The van der Waals surface area contributed by atoms with Crippen molar-refractivity contribution in [2.24, 2.45) is 0 Å². The number of ether oxygens (including phenoxy) is 2. The van der Waals surface area contributed by atoms with Gasteiger partial charge < -0.3 is 19.7 Å². The van der Waals surface area contributed by atoms with Gasteiger partial charge in [0.1, 0.15) is 6.54 Å². The van der Waals surface area contributed by atoms with Crippen LogP contribution < -0.4 is 14.8 Å². The van der Waals surface area contributed by atoms with Gasteiger partial charge in [0.15, 0.2) is 11.5 Å². The van der Waals surface area contributed by atoms with Gasteiger partial charge in [0.25, 0.3) is 0 Å². The van der Waals surface area contributed by atoms with E-state index < -0.39 is 0 Å². The molecule has 3 rings (SSSR count). The van der Waals surface area contributed by atoms with E-state index in [2.05, 4.69) is 5.32 Å². The summed E-state index contributed by atoms with van der Waals surface area (Å²) in [7, 11) is 0. The topological polar surface area (TPSA) is 67.9 Å². The summed E-state index contributed by atoms with van der Waals surface area (Å²) in [6, 6.07) is 10.2. The van der Waals surface area contributed by atoms with E-state index >= 15 is 0 Å². The number of nitrogens with zero attached hydrogens (tertiary/aromatic N) is 1. The van der Waals surface area contributed by atoms with Gasteiger partial charge in [0.2, 0.25) is 18.6 Å². The molecular formula is C18H16Cl2N2O4. The molecular weight excluding hydrogens is 379 g/mol. The molecule has 26 heavy (non-hydrogen) atoms. The van der Waals surface area contributed by atoms with Crippen LogP contribution in [0.2, 0.25) is 10.0 Å². The lowest BCUT2D eigenvalue weighted by atomic mass is 10.2. The Balaban J connectivity index is 1.67. The van der Waals surface area contributed by atoms with E-state index in [4.69, 9.17) is 32.7 Å². The van der Waals surface area contributed by atoms with Gasteiger partial charge in [-0.25, -0.2) is 0 Å². The first-order valence-corrected chi connectivity index (χ1v) is 8.57. The van der Waals surface area contributed by atoms with Crippen LogP contribution in [0, 0.1) is 0 Å². The minimum atomic E-state index is -0.370. The van der Waals surface area contributed by atoms with Crippen LogP contribution in [-0.4, -0.2) is 30.1 Å². The SMILES string of the molecule is CC(=O)N(CC(=O)Nc1cc(Cl)ccc1Cl)Cc1ccc2c(c1)OCO2. The van der Waals surface area contributed by atoms with Crippen molar-refractivity contribution in [1.82, 2.24) is 4.90 Å². The molecule has 1 N–H and O–H groups in total. The Morgan fingerprint density at radius 3 is 2.65 bits per heavy atom. The summed E-state index contributed by atoms with van der Waals surface area (Å²) >= 11 is 12.0. The third-order valence-electron chi connectivity index (χ3n) is 3.79. The van der Waals surface area contributed by atoms with E-state index in [0.29, 0.717) is 27.2 Å². The van der Waals surface area contributed by atoms with Gasteiger partial charge >= 0.3 is 0 Å². The molecule has 0 saturated heterocycles. The highest BCUT2D eigenvalue weighted by Gasteiger charge is 2.18. The zero-order valence-corrected chi connectivity index (χ0v) is 15.4. The van der Waals surface area contributed by atoms with Crippen molar-refractivity contribution in [3.8, 4) is 11.5 Å². The van der Waals surface area contributed by atoms with Crippen LogP contribution in [-0.2, 0) is 16.1 Å². The second kappa shape index (κ2) is 7.85. The Hall–Kier alpha value is -2.44. The fourth-order valence-corrected chi connectivity index (χ4v) is 2.83. The van der Waals surface area contributed by atoms with Crippen LogP contribution in [0.15, 0.2) is 36.4 Å². The van der Waals surface area contributed by atoms with Crippen molar-refractivity contribution in [2.75, 3.05) is 18.7 Å². The molecule has 1 aliphatic rings. The lowest BCUT2D eigenvalue weighted by molar-refractivity contribution is -0.133. The number of rotatable bonds is 5. The molecule has 0 bridgehead atoms. The molecule has 2 aromatic rings. The first-order valence-electron chi connectivity index (χ1n) is 7.81. The first-order chi connectivity index (χ1) is 12.4. The summed E-state index contributed by atoms with van der Waals surface area (Å²) in [5, 5.41) is 3.49. The molecule has 0 aromatic heterocycles. The lowest BCUT2D eigenvalue weighted by Gasteiger charge is -2.21. The molecule has 0 spiro atoms. The number of fused-ring (bicyclic) bond motifs is 1. The van der Waals surface area contributed by atoms with Gasteiger partial charge in [0, 0.05) is 18.5 Å². The lowest BCUT2D eigenvalue weighted by Crippen LogP contribution is -2.36. The van der Waals surface area contributed by atoms with Crippen molar-refractivity contribution < 1.29 is 19.1 Å². The molecule has 0 radical (unpaired) electrons. The van der Waals surface area contributed by atoms with Crippen molar-refractivity contribution in [3.05, 3.63) is 52.0 Å². The molecule has 6 nitrogen and oxygen atoms in total. The molecule has 2 amide bonds. The van der Waals surface area contributed by atoms with Crippen LogP contribution in [0.3, 0.4) is 0 Å². The van der Waals surface area contributed by atoms with Crippen molar-refractivity contribution >= 4 is 40.7 Å². The molecule has 8 heteroatoms. The Morgan fingerprint density at radius 1 is 1.12 bits per heavy atom. The second-order valence-corrected chi connectivity index (χ2v) is 6.58. The molecule has 136 valence electrons. The highest BCUT2D eigenvalue weighted by atomic mass is 35.5. The number of benzene rings is 2. The standard InChI is InChI=1S/C18H16Cl2N2O4/c1-11(23)22(8-12-2-5-16-17(6-12)26-10-25-16)9-18(24)21-15-7-13(19)3-4-14(15)20/h2-7H,8-10H2,1H3,(H,21,24). The summed E-state index contributed by atoms with van der Waals surface area (Å²) in [6.07, 6.45) is 0. The summed E-state index contributed by atoms with van der Waals surface area (Å²) in [6.45, 7) is 1.74.